The van der Waals surface area contributed by atoms with Crippen molar-refractivity contribution < 1.29 is 19.5 Å². The van der Waals surface area contributed by atoms with E-state index >= 15 is 0 Å². The Morgan fingerprint density at radius 3 is 2.14 bits per heavy atom. The van der Waals surface area contributed by atoms with Crippen LogP contribution in [0.15, 0.2) is 66.7 Å². The first-order chi connectivity index (χ1) is 17.6. The molecule has 0 radical (unpaired) electrons. The minimum absolute atomic E-state index is 0.0578. The van der Waals surface area contributed by atoms with Gasteiger partial charge in [-0.2, -0.15) is 0 Å². The summed E-state index contributed by atoms with van der Waals surface area (Å²) in [5.74, 6) is -0.446. The molecule has 2 N–H and O–H groups in total. The molecule has 2 aromatic rings. The van der Waals surface area contributed by atoms with Crippen molar-refractivity contribution in [3.05, 3.63) is 83.4 Å². The van der Waals surface area contributed by atoms with Gasteiger partial charge in [0.2, 0.25) is 11.8 Å². The molecule has 2 heterocycles. The van der Waals surface area contributed by atoms with Crippen molar-refractivity contribution in [3.63, 3.8) is 0 Å². The summed E-state index contributed by atoms with van der Waals surface area (Å²) >= 11 is 0. The van der Waals surface area contributed by atoms with Crippen LogP contribution in [0.1, 0.15) is 75.7 Å². The first kappa shape index (κ1) is 26.5. The van der Waals surface area contributed by atoms with Crippen LogP contribution in [0.4, 0.5) is 4.79 Å². The molecule has 0 aromatic heterocycles. The molecule has 1 fully saturated rings. The van der Waals surface area contributed by atoms with Crippen LogP contribution in [-0.4, -0.2) is 50.4 Å². The van der Waals surface area contributed by atoms with Crippen molar-refractivity contribution in [1.29, 1.82) is 0 Å². The van der Waals surface area contributed by atoms with Crippen LogP contribution in [0.2, 0.25) is 0 Å². The largest absolute Gasteiger partial charge is 0.465 e. The van der Waals surface area contributed by atoms with Crippen LogP contribution in [0.25, 0.3) is 0 Å². The van der Waals surface area contributed by atoms with E-state index < -0.39 is 23.7 Å². The van der Waals surface area contributed by atoms with Gasteiger partial charge in [-0.25, -0.2) is 4.79 Å². The minimum atomic E-state index is -1.15. The van der Waals surface area contributed by atoms with Gasteiger partial charge in [0, 0.05) is 17.7 Å². The lowest BCUT2D eigenvalue weighted by atomic mass is 9.92. The SMILES string of the molecule is C[C@@H](C(=O)N[C@H](/C=C/C(=O)N1[C@@H]2CC[C@H]1c1ccccc12)CCc1ccccc1)N(C(=O)O)C(C)(C)C. The highest BCUT2D eigenvalue weighted by Crippen LogP contribution is 2.52. The molecule has 0 spiro atoms. The monoisotopic (exact) mass is 503 g/mol. The minimum Gasteiger partial charge on any atom is -0.465 e. The molecule has 2 aromatic carbocycles. The van der Waals surface area contributed by atoms with Gasteiger partial charge in [-0.05, 0) is 70.1 Å². The lowest BCUT2D eigenvalue weighted by molar-refractivity contribution is -0.129. The summed E-state index contributed by atoms with van der Waals surface area (Å²) in [6, 6.07) is 17.1. The van der Waals surface area contributed by atoms with E-state index in [-0.39, 0.29) is 23.9 Å². The maximum absolute atomic E-state index is 13.3. The zero-order valence-corrected chi connectivity index (χ0v) is 22.1. The van der Waals surface area contributed by atoms with Gasteiger partial charge < -0.3 is 15.3 Å². The van der Waals surface area contributed by atoms with Gasteiger partial charge in [0.15, 0.2) is 0 Å². The number of hydrogen-bond donors (Lipinski definition) is 2. The van der Waals surface area contributed by atoms with Crippen LogP contribution < -0.4 is 5.32 Å². The van der Waals surface area contributed by atoms with E-state index in [4.69, 9.17) is 0 Å². The third kappa shape index (κ3) is 5.71. The molecule has 196 valence electrons. The van der Waals surface area contributed by atoms with E-state index in [1.807, 2.05) is 47.4 Å². The summed E-state index contributed by atoms with van der Waals surface area (Å²) in [4.78, 5) is 41.5. The van der Waals surface area contributed by atoms with Crippen LogP contribution in [0.5, 0.6) is 0 Å². The molecule has 4 rings (SSSR count). The maximum Gasteiger partial charge on any atom is 0.408 e. The Kier molecular flexibility index (Phi) is 7.71. The number of aryl methyl sites for hydroxylation is 1. The lowest BCUT2D eigenvalue weighted by Crippen LogP contribution is -2.56. The predicted molar refractivity (Wildman–Crippen MR) is 143 cm³/mol. The van der Waals surface area contributed by atoms with Gasteiger partial charge in [0.1, 0.15) is 6.04 Å². The number of hydrogen-bond acceptors (Lipinski definition) is 3. The molecule has 4 atom stereocenters. The molecule has 0 aliphatic carbocycles. The molecule has 0 unspecified atom stereocenters. The number of fused-ring (bicyclic) bond motifs is 5. The normalized spacial score (nSPS) is 19.9. The summed E-state index contributed by atoms with van der Waals surface area (Å²) in [7, 11) is 0. The first-order valence-electron chi connectivity index (χ1n) is 13.0. The summed E-state index contributed by atoms with van der Waals surface area (Å²) in [6.45, 7) is 6.88. The zero-order chi connectivity index (χ0) is 26.7. The Hall–Kier alpha value is -3.61. The number of rotatable bonds is 8. The fourth-order valence-corrected chi connectivity index (χ4v) is 5.77. The Bertz CT molecular complexity index is 1140. The summed E-state index contributed by atoms with van der Waals surface area (Å²) < 4.78 is 0. The highest BCUT2D eigenvalue weighted by Gasteiger charge is 2.45. The van der Waals surface area contributed by atoms with Crippen molar-refractivity contribution in [2.75, 3.05) is 0 Å². The van der Waals surface area contributed by atoms with E-state index in [1.54, 1.807) is 39.8 Å². The molecule has 2 aliphatic heterocycles. The smallest absolute Gasteiger partial charge is 0.408 e. The Balaban J connectivity index is 1.49. The third-order valence-corrected chi connectivity index (χ3v) is 7.43. The second-order valence-electron chi connectivity index (χ2n) is 11.0. The second-order valence-corrected chi connectivity index (χ2v) is 11.0. The van der Waals surface area contributed by atoms with E-state index in [0.29, 0.717) is 12.8 Å². The van der Waals surface area contributed by atoms with Crippen LogP contribution >= 0.6 is 0 Å². The third-order valence-electron chi connectivity index (χ3n) is 7.43. The van der Waals surface area contributed by atoms with Crippen molar-refractivity contribution in [3.8, 4) is 0 Å². The molecule has 37 heavy (non-hydrogen) atoms. The van der Waals surface area contributed by atoms with Gasteiger partial charge in [-0.1, -0.05) is 60.7 Å². The number of benzene rings is 2. The zero-order valence-electron chi connectivity index (χ0n) is 22.1. The van der Waals surface area contributed by atoms with Crippen molar-refractivity contribution in [1.82, 2.24) is 15.1 Å². The average molecular weight is 504 g/mol. The average Bonchev–Trinajstić information content (AvgIpc) is 3.42. The lowest BCUT2D eigenvalue weighted by Gasteiger charge is -2.37. The van der Waals surface area contributed by atoms with E-state index in [1.165, 1.54) is 11.1 Å². The van der Waals surface area contributed by atoms with Gasteiger partial charge in [0.05, 0.1) is 12.1 Å². The van der Waals surface area contributed by atoms with Gasteiger partial charge in [-0.3, -0.25) is 14.5 Å². The molecule has 7 heteroatoms. The molecule has 2 bridgehead atoms. The predicted octanol–water partition coefficient (Wildman–Crippen LogP) is 5.25. The van der Waals surface area contributed by atoms with Crippen LogP contribution in [0.3, 0.4) is 0 Å². The Morgan fingerprint density at radius 2 is 1.59 bits per heavy atom. The van der Waals surface area contributed by atoms with Gasteiger partial charge in [-0.15, -0.1) is 0 Å². The molecular weight excluding hydrogens is 466 g/mol. The summed E-state index contributed by atoms with van der Waals surface area (Å²) in [5.41, 5.74) is 2.86. The van der Waals surface area contributed by atoms with Gasteiger partial charge >= 0.3 is 6.09 Å². The van der Waals surface area contributed by atoms with E-state index in [9.17, 15) is 19.5 Å². The van der Waals surface area contributed by atoms with Crippen LogP contribution in [0, 0.1) is 0 Å². The molecule has 2 aliphatic rings. The standard InChI is InChI=1S/C30H37N3O4/c1-20(33(29(36)37)30(2,3)4)28(35)31-22(15-14-21-10-6-5-7-11-21)16-19-27(34)32-25-17-18-26(32)24-13-9-8-12-23(24)25/h5-13,16,19-20,22,25-26H,14-15,17-18H2,1-4H3,(H,31,35)(H,36,37)/b19-16+/t20-,22-,25-,26+/m0/s1. The Morgan fingerprint density at radius 1 is 1.03 bits per heavy atom. The molecule has 7 nitrogen and oxygen atoms in total. The maximum atomic E-state index is 13.3. The summed E-state index contributed by atoms with van der Waals surface area (Å²) in [6.07, 6.45) is 5.42. The van der Waals surface area contributed by atoms with Crippen LogP contribution in [-0.2, 0) is 16.0 Å². The number of nitrogens with one attached hydrogen (secondary N) is 1. The Labute approximate surface area is 219 Å². The quantitative estimate of drug-likeness (QED) is 0.482. The molecule has 1 saturated heterocycles. The van der Waals surface area contributed by atoms with Crippen molar-refractivity contribution in [2.24, 2.45) is 0 Å². The summed E-state index contributed by atoms with van der Waals surface area (Å²) in [5, 5.41) is 12.7. The fourth-order valence-electron chi connectivity index (χ4n) is 5.77. The highest BCUT2D eigenvalue weighted by molar-refractivity contribution is 5.90. The first-order valence-corrected chi connectivity index (χ1v) is 13.0. The highest BCUT2D eigenvalue weighted by atomic mass is 16.4. The molecular formula is C30H37N3O4. The second kappa shape index (κ2) is 10.8. The number of carboxylic acid groups (broad SMARTS) is 1. The number of amides is 3. The van der Waals surface area contributed by atoms with Crippen molar-refractivity contribution >= 4 is 17.9 Å². The van der Waals surface area contributed by atoms with E-state index in [0.717, 1.165) is 23.3 Å². The topological polar surface area (TPSA) is 90.0 Å². The van der Waals surface area contributed by atoms with Gasteiger partial charge in [0.25, 0.3) is 0 Å². The van der Waals surface area contributed by atoms with E-state index in [2.05, 4.69) is 17.4 Å². The fraction of sp³-hybridized carbons (Fsp3) is 0.433. The number of carbonyl (C=O) groups is 3. The van der Waals surface area contributed by atoms with Crippen molar-refractivity contribution in [2.45, 2.75) is 83.1 Å². The number of carbonyl (C=O) groups excluding carboxylic acids is 2. The molecule has 3 amide bonds. The number of nitrogens with zero attached hydrogens (tertiary/aromatic N) is 2. The molecule has 0 saturated carbocycles.